The summed E-state index contributed by atoms with van der Waals surface area (Å²) in [6.07, 6.45) is 3.80. The van der Waals surface area contributed by atoms with Gasteiger partial charge in [-0.15, -0.1) is 0 Å². The van der Waals surface area contributed by atoms with Crippen molar-refractivity contribution in [2.24, 2.45) is 5.73 Å². The molecule has 1 heterocycles. The number of hydrogen-bond donors (Lipinski definition) is 1. The van der Waals surface area contributed by atoms with Gasteiger partial charge in [0.1, 0.15) is 0 Å². The van der Waals surface area contributed by atoms with Crippen LogP contribution >= 0.6 is 0 Å². The summed E-state index contributed by atoms with van der Waals surface area (Å²) in [5, 5.41) is 0. The molecular formula is C11H24N2O2. The first-order chi connectivity index (χ1) is 7.22. The number of nitrogens with zero attached hydrogens (tertiary/aromatic N) is 1. The lowest BCUT2D eigenvalue weighted by Gasteiger charge is -2.13. The molecule has 1 aliphatic heterocycles. The summed E-state index contributed by atoms with van der Waals surface area (Å²) >= 11 is 0. The molecule has 90 valence electrons. The fraction of sp³-hybridized carbons (Fsp3) is 1.00. The van der Waals surface area contributed by atoms with Gasteiger partial charge in [-0.25, -0.2) is 0 Å². The monoisotopic (exact) mass is 216 g/mol. The van der Waals surface area contributed by atoms with E-state index in [1.54, 1.807) is 0 Å². The highest BCUT2D eigenvalue weighted by Crippen LogP contribution is 2.18. The molecule has 1 fully saturated rings. The number of nitrogens with two attached hydrogens (primary N) is 1. The summed E-state index contributed by atoms with van der Waals surface area (Å²) < 4.78 is 11.2. The van der Waals surface area contributed by atoms with E-state index in [9.17, 15) is 0 Å². The molecule has 0 aromatic carbocycles. The van der Waals surface area contributed by atoms with Crippen molar-refractivity contribution < 1.29 is 9.47 Å². The third kappa shape index (κ3) is 5.47. The highest BCUT2D eigenvalue weighted by atomic mass is 16.5. The Morgan fingerprint density at radius 2 is 2.07 bits per heavy atom. The van der Waals surface area contributed by atoms with E-state index in [0.717, 1.165) is 39.0 Å². The van der Waals surface area contributed by atoms with E-state index in [2.05, 4.69) is 19.0 Å². The summed E-state index contributed by atoms with van der Waals surface area (Å²) in [6.45, 7) is 3.27. The van der Waals surface area contributed by atoms with E-state index in [0.29, 0.717) is 6.54 Å². The molecule has 0 bridgehead atoms. The first kappa shape index (κ1) is 12.9. The Morgan fingerprint density at radius 3 is 2.67 bits per heavy atom. The van der Waals surface area contributed by atoms with Crippen LogP contribution in [0.1, 0.15) is 19.3 Å². The lowest BCUT2D eigenvalue weighted by atomic mass is 10.2. The van der Waals surface area contributed by atoms with E-state index in [1.807, 2.05) is 0 Å². The Kier molecular flexibility index (Phi) is 6.17. The van der Waals surface area contributed by atoms with Crippen LogP contribution < -0.4 is 5.73 Å². The summed E-state index contributed by atoms with van der Waals surface area (Å²) in [6, 6.07) is 0. The first-order valence-corrected chi connectivity index (χ1v) is 5.80. The van der Waals surface area contributed by atoms with Crippen LogP contribution in [-0.2, 0) is 9.47 Å². The van der Waals surface area contributed by atoms with E-state index >= 15 is 0 Å². The summed E-state index contributed by atoms with van der Waals surface area (Å²) in [4.78, 5) is 2.17. The van der Waals surface area contributed by atoms with Crippen molar-refractivity contribution in [1.29, 1.82) is 0 Å². The van der Waals surface area contributed by atoms with Crippen LogP contribution in [0.15, 0.2) is 0 Å². The van der Waals surface area contributed by atoms with E-state index in [-0.39, 0.29) is 12.2 Å². The average molecular weight is 216 g/mol. The first-order valence-electron chi connectivity index (χ1n) is 5.80. The average Bonchev–Trinajstić information content (AvgIpc) is 2.65. The lowest BCUT2D eigenvalue weighted by molar-refractivity contribution is -0.0130. The van der Waals surface area contributed by atoms with Gasteiger partial charge in [-0.05, 0) is 39.9 Å². The zero-order valence-electron chi connectivity index (χ0n) is 9.95. The molecule has 0 amide bonds. The normalized spacial score (nSPS) is 26.4. The molecule has 2 atom stereocenters. The maximum absolute atomic E-state index is 5.68. The molecule has 0 spiro atoms. The summed E-state index contributed by atoms with van der Waals surface area (Å²) in [7, 11) is 4.15. The molecule has 1 saturated heterocycles. The van der Waals surface area contributed by atoms with Gasteiger partial charge in [0.25, 0.3) is 0 Å². The molecular weight excluding hydrogens is 192 g/mol. The van der Waals surface area contributed by atoms with Crippen molar-refractivity contribution in [3.8, 4) is 0 Å². The standard InChI is InChI=1S/C11H24N2O2/c1-13(2)6-3-7-14-9-11-5-4-10(8-12)15-11/h10-11H,3-9,12H2,1-2H3. The summed E-state index contributed by atoms with van der Waals surface area (Å²) in [5.74, 6) is 0. The third-order valence-corrected chi connectivity index (χ3v) is 2.66. The van der Waals surface area contributed by atoms with Crippen LogP contribution in [0.5, 0.6) is 0 Å². The predicted octanol–water partition coefficient (Wildman–Crippen LogP) is 0.461. The summed E-state index contributed by atoms with van der Waals surface area (Å²) in [5.41, 5.74) is 5.53. The molecule has 2 N–H and O–H groups in total. The smallest absolute Gasteiger partial charge is 0.0813 e. The van der Waals surface area contributed by atoms with Crippen molar-refractivity contribution in [3.05, 3.63) is 0 Å². The van der Waals surface area contributed by atoms with Crippen molar-refractivity contribution in [1.82, 2.24) is 4.90 Å². The Labute approximate surface area is 92.7 Å². The Bertz CT molecular complexity index is 165. The molecule has 1 rings (SSSR count). The molecule has 4 nitrogen and oxygen atoms in total. The minimum absolute atomic E-state index is 0.264. The lowest BCUT2D eigenvalue weighted by Crippen LogP contribution is -2.23. The largest absolute Gasteiger partial charge is 0.379 e. The number of rotatable bonds is 7. The van der Waals surface area contributed by atoms with Gasteiger partial charge in [0.2, 0.25) is 0 Å². The van der Waals surface area contributed by atoms with Crippen molar-refractivity contribution >= 4 is 0 Å². The highest BCUT2D eigenvalue weighted by Gasteiger charge is 2.23. The van der Waals surface area contributed by atoms with Crippen LogP contribution in [0.2, 0.25) is 0 Å². The minimum atomic E-state index is 0.264. The Morgan fingerprint density at radius 1 is 1.33 bits per heavy atom. The molecule has 0 radical (unpaired) electrons. The molecule has 0 aromatic rings. The minimum Gasteiger partial charge on any atom is -0.379 e. The van der Waals surface area contributed by atoms with Crippen LogP contribution in [0.25, 0.3) is 0 Å². The fourth-order valence-corrected chi connectivity index (χ4v) is 1.77. The van der Waals surface area contributed by atoms with E-state index in [4.69, 9.17) is 15.2 Å². The van der Waals surface area contributed by atoms with E-state index in [1.165, 1.54) is 0 Å². The number of ether oxygens (including phenoxy) is 2. The second kappa shape index (κ2) is 7.17. The maximum atomic E-state index is 5.68. The van der Waals surface area contributed by atoms with Crippen molar-refractivity contribution in [2.75, 3.05) is 40.4 Å². The zero-order valence-corrected chi connectivity index (χ0v) is 9.95. The molecule has 0 aliphatic carbocycles. The third-order valence-electron chi connectivity index (χ3n) is 2.66. The second-order valence-electron chi connectivity index (χ2n) is 4.42. The second-order valence-corrected chi connectivity index (χ2v) is 4.42. The van der Waals surface area contributed by atoms with Gasteiger partial charge < -0.3 is 20.1 Å². The van der Waals surface area contributed by atoms with Crippen LogP contribution in [0.3, 0.4) is 0 Å². The van der Waals surface area contributed by atoms with Gasteiger partial charge in [0.15, 0.2) is 0 Å². The van der Waals surface area contributed by atoms with Gasteiger partial charge >= 0.3 is 0 Å². The Balaban J connectivity index is 1.92. The fourth-order valence-electron chi connectivity index (χ4n) is 1.77. The quantitative estimate of drug-likeness (QED) is 0.628. The molecule has 0 saturated carbocycles. The van der Waals surface area contributed by atoms with Gasteiger partial charge in [-0.1, -0.05) is 0 Å². The molecule has 2 unspecified atom stereocenters. The van der Waals surface area contributed by atoms with Crippen LogP contribution in [0, 0.1) is 0 Å². The van der Waals surface area contributed by atoms with Gasteiger partial charge in [0.05, 0.1) is 18.8 Å². The SMILES string of the molecule is CN(C)CCCOCC1CCC(CN)O1. The van der Waals surface area contributed by atoms with Crippen LogP contribution in [-0.4, -0.2) is 57.5 Å². The van der Waals surface area contributed by atoms with Gasteiger partial charge in [0, 0.05) is 13.2 Å². The Hall–Kier alpha value is -0.160. The van der Waals surface area contributed by atoms with Gasteiger partial charge in [-0.3, -0.25) is 0 Å². The number of hydrogen-bond acceptors (Lipinski definition) is 4. The predicted molar refractivity (Wildman–Crippen MR) is 60.9 cm³/mol. The van der Waals surface area contributed by atoms with Gasteiger partial charge in [-0.2, -0.15) is 0 Å². The highest BCUT2D eigenvalue weighted by molar-refractivity contribution is 4.73. The maximum Gasteiger partial charge on any atom is 0.0813 e. The molecule has 15 heavy (non-hydrogen) atoms. The van der Waals surface area contributed by atoms with Crippen molar-refractivity contribution in [3.63, 3.8) is 0 Å². The molecule has 0 aromatic heterocycles. The molecule has 4 heteroatoms. The zero-order chi connectivity index (χ0) is 11.1. The van der Waals surface area contributed by atoms with Crippen LogP contribution in [0.4, 0.5) is 0 Å². The van der Waals surface area contributed by atoms with E-state index < -0.39 is 0 Å². The molecule has 1 aliphatic rings. The topological polar surface area (TPSA) is 47.7 Å². The van der Waals surface area contributed by atoms with Crippen molar-refractivity contribution in [2.45, 2.75) is 31.5 Å².